The molecular weight excluding hydrogens is 384 g/mol. The quantitative estimate of drug-likeness (QED) is 0.417. The first-order valence-corrected chi connectivity index (χ1v) is 10.3. The van der Waals surface area contributed by atoms with Crippen LogP contribution >= 0.6 is 0 Å². The number of methoxy groups -OCH3 is 1. The Balaban J connectivity index is 1.12. The van der Waals surface area contributed by atoms with Crippen molar-refractivity contribution in [2.75, 3.05) is 13.7 Å². The molecule has 6 aliphatic carbocycles. The summed E-state index contributed by atoms with van der Waals surface area (Å²) >= 11 is 0. The highest BCUT2D eigenvalue weighted by Crippen LogP contribution is 3.12. The zero-order chi connectivity index (χ0) is 20.5. The molecule has 6 fully saturated rings. The van der Waals surface area contributed by atoms with Crippen LogP contribution < -0.4 is 0 Å². The zero-order valence-corrected chi connectivity index (χ0v) is 16.6. The summed E-state index contributed by atoms with van der Waals surface area (Å²) in [5.41, 5.74) is 0.650. The van der Waals surface area contributed by atoms with Crippen molar-refractivity contribution in [3.05, 3.63) is 42.1 Å². The number of carbonyl (C=O) groups is 2. The maximum atomic E-state index is 12.4. The predicted molar refractivity (Wildman–Crippen MR) is 104 cm³/mol. The normalized spacial score (nSPS) is 44.7. The summed E-state index contributed by atoms with van der Waals surface area (Å²) in [5, 5.41) is 5.26. The van der Waals surface area contributed by atoms with Crippen LogP contribution in [0.5, 0.6) is 0 Å². The number of oxime groups is 1. The van der Waals surface area contributed by atoms with Crippen molar-refractivity contribution in [2.24, 2.45) is 45.6 Å². The molecule has 152 valence electrons. The summed E-state index contributed by atoms with van der Waals surface area (Å²) in [5.74, 6) is 0.879. The monoisotopic (exact) mass is 404 g/mol. The van der Waals surface area contributed by atoms with Crippen molar-refractivity contribution in [1.82, 2.24) is 4.98 Å². The van der Waals surface area contributed by atoms with E-state index in [4.69, 9.17) is 14.3 Å². The molecule has 0 bridgehead atoms. The van der Waals surface area contributed by atoms with Crippen LogP contribution in [0.2, 0.25) is 0 Å². The summed E-state index contributed by atoms with van der Waals surface area (Å²) in [4.78, 5) is 34.4. The minimum absolute atomic E-state index is 0.0937. The Kier molecular flexibility index (Phi) is 2.71. The third kappa shape index (κ3) is 1.29. The lowest BCUT2D eigenvalue weighted by Crippen LogP contribution is -3.19. The molecule has 0 spiro atoms. The Bertz CT molecular complexity index is 1160. The second-order valence-corrected chi connectivity index (χ2v) is 9.31. The van der Waals surface area contributed by atoms with E-state index in [0.717, 1.165) is 16.5 Å². The largest absolute Gasteiger partial charge is 0.469 e. The number of para-hydroxylation sites is 1. The Labute approximate surface area is 172 Å². The van der Waals surface area contributed by atoms with E-state index in [1.54, 1.807) is 12.4 Å². The number of benzene rings is 1. The van der Waals surface area contributed by atoms with E-state index in [9.17, 15) is 9.59 Å². The molecule has 7 heteroatoms. The van der Waals surface area contributed by atoms with Gasteiger partial charge >= 0.3 is 11.9 Å². The lowest BCUT2D eigenvalue weighted by molar-refractivity contribution is -0.690. The molecule has 6 saturated carbocycles. The number of rotatable bonds is 6. The van der Waals surface area contributed by atoms with Crippen molar-refractivity contribution in [3.63, 3.8) is 0 Å². The Morgan fingerprint density at radius 1 is 1.17 bits per heavy atom. The number of nitrogens with zero attached hydrogens (tertiary/aromatic N) is 2. The summed E-state index contributed by atoms with van der Waals surface area (Å²) < 4.78 is 10.9. The molecule has 0 aliphatic heterocycles. The van der Waals surface area contributed by atoms with E-state index in [-0.39, 0.29) is 34.6 Å². The van der Waals surface area contributed by atoms with Gasteiger partial charge in [-0.1, -0.05) is 29.4 Å². The minimum atomic E-state index is -0.548. The van der Waals surface area contributed by atoms with E-state index in [2.05, 4.69) is 10.1 Å². The summed E-state index contributed by atoms with van der Waals surface area (Å²) in [6.07, 6.45) is 3.44. The van der Waals surface area contributed by atoms with Crippen LogP contribution in [0.15, 0.2) is 41.7 Å². The van der Waals surface area contributed by atoms with Crippen LogP contribution in [-0.4, -0.2) is 42.5 Å². The molecule has 30 heavy (non-hydrogen) atoms. The number of hydrogen-bond donors (Lipinski definition) is 0. The van der Waals surface area contributed by atoms with Crippen molar-refractivity contribution < 1.29 is 23.9 Å². The molecule has 0 saturated heterocycles. The lowest BCUT2D eigenvalue weighted by atomic mass is 8.90. The van der Waals surface area contributed by atoms with Crippen molar-refractivity contribution in [3.8, 4) is 0 Å². The average Bonchev–Trinajstić information content (AvgIpc) is 2.75. The molecule has 1 heterocycles. The fourth-order valence-corrected chi connectivity index (χ4v) is 8.59. The van der Waals surface area contributed by atoms with Crippen molar-refractivity contribution in [2.45, 2.75) is 12.5 Å². The van der Waals surface area contributed by atoms with Gasteiger partial charge in [0.2, 0.25) is 0 Å². The lowest BCUT2D eigenvalue weighted by Gasteiger charge is -3.11. The third-order valence-corrected chi connectivity index (χ3v) is 9.00. The number of ether oxygens (including phenoxy) is 2. The van der Waals surface area contributed by atoms with Gasteiger partial charge in [0.05, 0.1) is 29.7 Å². The van der Waals surface area contributed by atoms with Crippen LogP contribution in [0.3, 0.4) is 0 Å². The number of aromatic nitrogens is 1. The number of hydrogen-bond acceptors (Lipinski definition) is 7. The van der Waals surface area contributed by atoms with Gasteiger partial charge in [0.1, 0.15) is 12.2 Å². The molecule has 2 aromatic rings. The molecule has 0 amide bonds. The summed E-state index contributed by atoms with van der Waals surface area (Å²) in [6, 6.07) is 9.84. The summed E-state index contributed by atoms with van der Waals surface area (Å²) in [6.45, 7) is 1.84. The standard InChI is InChI=1S/C23H20N2O5/c1-11(26)30-23-18-15-14-16(19(23)22(14,18)20(27)28-2)21(15,23)10-29-25-9-13-6-3-5-12-7-4-8-24-17(12)13/h3-9,14-16,18-19H,10H2,1-2H3/b25-9+. The fraction of sp³-hybridized carbons (Fsp3) is 0.478. The van der Waals surface area contributed by atoms with Gasteiger partial charge in [-0.3, -0.25) is 14.6 Å². The maximum absolute atomic E-state index is 12.4. The van der Waals surface area contributed by atoms with Crippen LogP contribution in [0.1, 0.15) is 12.5 Å². The minimum Gasteiger partial charge on any atom is -0.469 e. The molecule has 0 N–H and O–H groups in total. The molecule has 6 aliphatic rings. The van der Waals surface area contributed by atoms with Gasteiger partial charge in [-0.15, -0.1) is 0 Å². The van der Waals surface area contributed by atoms with Crippen LogP contribution in [0.25, 0.3) is 10.9 Å². The molecule has 8 rings (SSSR count). The average molecular weight is 404 g/mol. The second-order valence-electron chi connectivity index (χ2n) is 9.31. The Hall–Kier alpha value is -2.96. The molecular formula is C23H20N2O5. The fourth-order valence-electron chi connectivity index (χ4n) is 8.59. The van der Waals surface area contributed by atoms with E-state index in [0.29, 0.717) is 24.4 Å². The molecule has 4 atom stereocenters. The van der Waals surface area contributed by atoms with Crippen LogP contribution in [0.4, 0.5) is 0 Å². The van der Waals surface area contributed by atoms with Gasteiger partial charge in [-0.25, -0.2) is 0 Å². The second kappa shape index (κ2) is 4.85. The predicted octanol–water partition coefficient (Wildman–Crippen LogP) is 2.18. The van der Waals surface area contributed by atoms with E-state index in [1.807, 2.05) is 30.3 Å². The first-order chi connectivity index (χ1) is 14.6. The number of carbonyl (C=O) groups excluding carboxylic acids is 2. The van der Waals surface area contributed by atoms with Gasteiger partial charge in [0, 0.05) is 35.9 Å². The first-order valence-electron chi connectivity index (χ1n) is 10.3. The Morgan fingerprint density at radius 2 is 1.93 bits per heavy atom. The van der Waals surface area contributed by atoms with E-state index in [1.165, 1.54) is 14.0 Å². The Morgan fingerprint density at radius 3 is 2.67 bits per heavy atom. The molecule has 0 radical (unpaired) electrons. The van der Waals surface area contributed by atoms with Crippen molar-refractivity contribution >= 4 is 29.1 Å². The smallest absolute Gasteiger partial charge is 0.313 e. The highest BCUT2D eigenvalue weighted by Gasteiger charge is 3.19. The highest BCUT2D eigenvalue weighted by molar-refractivity contribution is 5.97. The molecule has 4 unspecified atom stereocenters. The third-order valence-electron chi connectivity index (χ3n) is 9.00. The van der Waals surface area contributed by atoms with Gasteiger partial charge in [-0.05, 0) is 23.8 Å². The van der Waals surface area contributed by atoms with Crippen LogP contribution in [0, 0.1) is 40.4 Å². The maximum Gasteiger partial charge on any atom is 0.313 e. The first kappa shape index (κ1) is 16.8. The summed E-state index contributed by atoms with van der Waals surface area (Å²) in [7, 11) is 1.44. The molecule has 1 aromatic carbocycles. The number of esters is 2. The SMILES string of the molecule is COC(=O)C12C3C4C1C1(OC(C)=O)C2C3C41CO/N=C/c1cccc2cccnc12. The van der Waals surface area contributed by atoms with Crippen LogP contribution in [-0.2, 0) is 23.9 Å². The molecule has 1 aromatic heterocycles. The van der Waals surface area contributed by atoms with E-state index < -0.39 is 5.60 Å². The number of fused-ring (bicyclic) bond motifs is 1. The van der Waals surface area contributed by atoms with Gasteiger partial charge in [0.15, 0.2) is 0 Å². The molecule has 7 nitrogen and oxygen atoms in total. The van der Waals surface area contributed by atoms with Gasteiger partial charge < -0.3 is 14.3 Å². The van der Waals surface area contributed by atoms with Crippen molar-refractivity contribution in [1.29, 1.82) is 0 Å². The zero-order valence-electron chi connectivity index (χ0n) is 16.6. The highest BCUT2D eigenvalue weighted by atomic mass is 16.6. The topological polar surface area (TPSA) is 87.1 Å². The van der Waals surface area contributed by atoms with E-state index >= 15 is 0 Å². The van der Waals surface area contributed by atoms with Gasteiger partial charge in [-0.2, -0.15) is 0 Å². The number of pyridine rings is 1. The van der Waals surface area contributed by atoms with Gasteiger partial charge in [0.25, 0.3) is 0 Å².